The van der Waals surface area contributed by atoms with Crippen molar-refractivity contribution in [3.8, 4) is 0 Å². The number of rotatable bonds is 8. The van der Waals surface area contributed by atoms with Crippen LogP contribution in [0.4, 0.5) is 5.00 Å². The van der Waals surface area contributed by atoms with Gasteiger partial charge in [-0.05, 0) is 19.9 Å². The van der Waals surface area contributed by atoms with E-state index in [0.717, 1.165) is 9.88 Å². The Labute approximate surface area is 128 Å². The zero-order valence-electron chi connectivity index (χ0n) is 12.6. The molecule has 0 bridgehead atoms. The van der Waals surface area contributed by atoms with Crippen molar-refractivity contribution < 1.29 is 19.4 Å². The highest BCUT2D eigenvalue weighted by Gasteiger charge is 2.23. The summed E-state index contributed by atoms with van der Waals surface area (Å²) in [5.74, 6) is -1.79. The molecular formula is C15H21NO4S. The summed E-state index contributed by atoms with van der Waals surface area (Å²) >= 11 is 1.45. The van der Waals surface area contributed by atoms with E-state index in [1.165, 1.54) is 11.3 Å². The number of hydrogen-bond donors (Lipinski definition) is 1. The Morgan fingerprint density at radius 1 is 1.57 bits per heavy atom. The van der Waals surface area contributed by atoms with Crippen LogP contribution in [0, 0.1) is 12.8 Å². The van der Waals surface area contributed by atoms with Crippen LogP contribution in [0.2, 0.25) is 0 Å². The number of ether oxygens (including phenoxy) is 1. The number of nitrogens with zero attached hydrogens (tertiary/aromatic N) is 1. The van der Waals surface area contributed by atoms with Gasteiger partial charge in [0, 0.05) is 18.0 Å². The number of carbonyl (C=O) groups excluding carboxylic acids is 1. The SMILES string of the molecule is C=CCN(CC(C)C(=O)O)c1sc(C)cc1C(=O)OCC. The highest BCUT2D eigenvalue weighted by atomic mass is 32.1. The Bertz CT molecular complexity index is 524. The van der Waals surface area contributed by atoms with E-state index < -0.39 is 11.9 Å². The Balaban J connectivity index is 3.09. The lowest BCUT2D eigenvalue weighted by atomic mass is 10.1. The molecule has 1 N–H and O–H groups in total. The van der Waals surface area contributed by atoms with Crippen molar-refractivity contribution in [2.24, 2.45) is 5.92 Å². The number of carbonyl (C=O) groups is 2. The molecule has 1 aromatic rings. The van der Waals surface area contributed by atoms with Crippen LogP contribution in [0.15, 0.2) is 18.7 Å². The minimum Gasteiger partial charge on any atom is -0.481 e. The molecule has 5 nitrogen and oxygen atoms in total. The lowest BCUT2D eigenvalue weighted by molar-refractivity contribution is -0.140. The van der Waals surface area contributed by atoms with Crippen molar-refractivity contribution in [1.82, 2.24) is 0 Å². The van der Waals surface area contributed by atoms with Crippen molar-refractivity contribution in [3.05, 3.63) is 29.2 Å². The number of hydrogen-bond acceptors (Lipinski definition) is 5. The highest BCUT2D eigenvalue weighted by Crippen LogP contribution is 2.32. The quantitative estimate of drug-likeness (QED) is 0.590. The van der Waals surface area contributed by atoms with Crippen LogP contribution < -0.4 is 4.90 Å². The van der Waals surface area contributed by atoms with Crippen molar-refractivity contribution >= 4 is 28.3 Å². The van der Waals surface area contributed by atoms with E-state index in [2.05, 4.69) is 6.58 Å². The zero-order valence-corrected chi connectivity index (χ0v) is 13.4. The van der Waals surface area contributed by atoms with Crippen LogP contribution in [-0.4, -0.2) is 36.7 Å². The van der Waals surface area contributed by atoms with E-state index in [4.69, 9.17) is 9.84 Å². The third kappa shape index (κ3) is 4.60. The Morgan fingerprint density at radius 3 is 2.76 bits per heavy atom. The second-order valence-electron chi connectivity index (χ2n) is 4.73. The monoisotopic (exact) mass is 311 g/mol. The largest absolute Gasteiger partial charge is 0.481 e. The molecule has 0 amide bonds. The third-order valence-electron chi connectivity index (χ3n) is 2.88. The van der Waals surface area contributed by atoms with Crippen LogP contribution >= 0.6 is 11.3 Å². The number of carboxylic acids is 1. The average Bonchev–Trinajstić information content (AvgIpc) is 2.80. The molecule has 0 aliphatic heterocycles. The fourth-order valence-corrected chi connectivity index (χ4v) is 2.91. The lowest BCUT2D eigenvalue weighted by Crippen LogP contribution is -2.32. The first-order chi connectivity index (χ1) is 9.90. The van der Waals surface area contributed by atoms with Crippen LogP contribution in [0.25, 0.3) is 0 Å². The molecule has 116 valence electrons. The molecule has 1 heterocycles. The van der Waals surface area contributed by atoms with Crippen molar-refractivity contribution in [2.45, 2.75) is 20.8 Å². The van der Waals surface area contributed by atoms with E-state index in [1.807, 2.05) is 11.8 Å². The summed E-state index contributed by atoms with van der Waals surface area (Å²) in [7, 11) is 0. The predicted molar refractivity (Wildman–Crippen MR) is 84.2 cm³/mol. The summed E-state index contributed by atoms with van der Waals surface area (Å²) < 4.78 is 5.06. The van der Waals surface area contributed by atoms with Crippen LogP contribution in [0.3, 0.4) is 0 Å². The highest BCUT2D eigenvalue weighted by molar-refractivity contribution is 7.16. The van der Waals surface area contributed by atoms with Gasteiger partial charge in [-0.25, -0.2) is 4.79 Å². The molecule has 1 rings (SSSR count). The molecule has 1 aromatic heterocycles. The smallest absolute Gasteiger partial charge is 0.341 e. The first-order valence-electron chi connectivity index (χ1n) is 6.76. The number of aryl methyl sites for hydroxylation is 1. The van der Waals surface area contributed by atoms with Gasteiger partial charge in [-0.15, -0.1) is 17.9 Å². The van der Waals surface area contributed by atoms with Crippen molar-refractivity contribution in [2.75, 3.05) is 24.6 Å². The minimum absolute atomic E-state index is 0.306. The molecule has 6 heteroatoms. The van der Waals surface area contributed by atoms with Gasteiger partial charge >= 0.3 is 11.9 Å². The van der Waals surface area contributed by atoms with E-state index in [9.17, 15) is 9.59 Å². The number of carboxylic acid groups (broad SMARTS) is 1. The second kappa shape index (κ2) is 7.83. The average molecular weight is 311 g/mol. The predicted octanol–water partition coefficient (Wildman–Crippen LogP) is 2.95. The summed E-state index contributed by atoms with van der Waals surface area (Å²) in [6.07, 6.45) is 1.69. The molecule has 1 unspecified atom stereocenters. The van der Waals surface area contributed by atoms with E-state index in [0.29, 0.717) is 25.3 Å². The van der Waals surface area contributed by atoms with Gasteiger partial charge in [0.15, 0.2) is 0 Å². The summed E-state index contributed by atoms with van der Waals surface area (Å²) in [5, 5.41) is 9.81. The van der Waals surface area contributed by atoms with Gasteiger partial charge in [0.1, 0.15) is 5.00 Å². The standard InChI is InChI=1S/C15H21NO4S/c1-5-7-16(9-10(3)14(17)18)13-12(8-11(4)21-13)15(19)20-6-2/h5,8,10H,1,6-7,9H2,2-4H3,(H,17,18). The lowest BCUT2D eigenvalue weighted by Gasteiger charge is -2.24. The molecule has 0 radical (unpaired) electrons. The number of thiophene rings is 1. The summed E-state index contributed by atoms with van der Waals surface area (Å²) in [6.45, 7) is 10.1. The van der Waals surface area contributed by atoms with E-state index in [-0.39, 0.29) is 5.97 Å². The fourth-order valence-electron chi connectivity index (χ4n) is 1.90. The van der Waals surface area contributed by atoms with Gasteiger partial charge in [0.05, 0.1) is 18.1 Å². The normalized spacial score (nSPS) is 11.8. The van der Waals surface area contributed by atoms with Gasteiger partial charge in [-0.2, -0.15) is 0 Å². The summed E-state index contributed by atoms with van der Waals surface area (Å²) in [4.78, 5) is 25.9. The van der Waals surface area contributed by atoms with Crippen molar-refractivity contribution in [1.29, 1.82) is 0 Å². The molecular weight excluding hydrogens is 290 g/mol. The molecule has 0 saturated heterocycles. The fraction of sp³-hybridized carbons (Fsp3) is 0.467. The molecule has 1 atom stereocenters. The first-order valence-corrected chi connectivity index (χ1v) is 7.58. The Hall–Kier alpha value is -1.82. The zero-order chi connectivity index (χ0) is 16.0. The maximum absolute atomic E-state index is 12.0. The summed E-state index contributed by atoms with van der Waals surface area (Å²) in [5.41, 5.74) is 0.485. The second-order valence-corrected chi connectivity index (χ2v) is 5.96. The number of esters is 1. The minimum atomic E-state index is -0.866. The van der Waals surface area contributed by atoms with Crippen molar-refractivity contribution in [3.63, 3.8) is 0 Å². The van der Waals surface area contributed by atoms with Gasteiger partial charge in [-0.1, -0.05) is 13.0 Å². The van der Waals surface area contributed by atoms with E-state index in [1.54, 1.807) is 26.0 Å². The first kappa shape index (κ1) is 17.2. The Kier molecular flexibility index (Phi) is 6.42. The van der Waals surface area contributed by atoms with Crippen LogP contribution in [0.1, 0.15) is 29.1 Å². The maximum atomic E-state index is 12.0. The van der Waals surface area contributed by atoms with Crippen LogP contribution in [0.5, 0.6) is 0 Å². The van der Waals surface area contributed by atoms with E-state index >= 15 is 0 Å². The molecule has 0 spiro atoms. The molecule has 0 aliphatic rings. The van der Waals surface area contributed by atoms with Gasteiger partial charge in [-0.3, -0.25) is 4.79 Å². The molecule has 21 heavy (non-hydrogen) atoms. The summed E-state index contributed by atoms with van der Waals surface area (Å²) in [6, 6.07) is 1.78. The van der Waals surface area contributed by atoms with Gasteiger partial charge in [0.2, 0.25) is 0 Å². The Morgan fingerprint density at radius 2 is 2.24 bits per heavy atom. The molecule has 0 aliphatic carbocycles. The number of anilines is 1. The van der Waals surface area contributed by atoms with Gasteiger partial charge in [0.25, 0.3) is 0 Å². The topological polar surface area (TPSA) is 66.8 Å². The molecule has 0 fully saturated rings. The number of aliphatic carboxylic acids is 1. The third-order valence-corrected chi connectivity index (χ3v) is 3.99. The maximum Gasteiger partial charge on any atom is 0.341 e. The van der Waals surface area contributed by atoms with Gasteiger partial charge < -0.3 is 14.7 Å². The van der Waals surface area contributed by atoms with Crippen LogP contribution in [-0.2, 0) is 9.53 Å². The molecule has 0 saturated carbocycles. The molecule has 0 aromatic carbocycles.